The predicted molar refractivity (Wildman–Crippen MR) is 67.0 cm³/mol. The Balaban J connectivity index is 0.000000194. The number of carbonyl (C=O) groups is 1. The summed E-state index contributed by atoms with van der Waals surface area (Å²) in [5, 5.41) is 11.6. The van der Waals surface area contributed by atoms with E-state index < -0.39 is 5.97 Å². The van der Waals surface area contributed by atoms with Crippen LogP contribution in [-0.4, -0.2) is 17.7 Å². The standard InChI is InChI=1S/C7H6.C6H10N2O3/c1-2-7-4-3-6(1)5-7;1-3-11-6(10)5(8-7)4(2)9/h1-4H,5H2;7,9H,3H2,1-2H3. The van der Waals surface area contributed by atoms with Crippen molar-refractivity contribution in [2.45, 2.75) is 20.3 Å². The second-order valence-electron chi connectivity index (χ2n) is 3.76. The molecule has 5 heteroatoms. The van der Waals surface area contributed by atoms with Gasteiger partial charge in [0.1, 0.15) is 5.76 Å². The van der Waals surface area contributed by atoms with Crippen LogP contribution in [0.1, 0.15) is 20.3 Å². The number of aliphatic hydroxyl groups excluding tert-OH is 1. The third kappa shape index (κ3) is 3.69. The van der Waals surface area contributed by atoms with Gasteiger partial charge >= 0.3 is 5.97 Å². The van der Waals surface area contributed by atoms with E-state index in [2.05, 4.69) is 34.2 Å². The average molecular weight is 248 g/mol. The van der Waals surface area contributed by atoms with Crippen LogP contribution in [0, 0.1) is 5.53 Å². The summed E-state index contributed by atoms with van der Waals surface area (Å²) in [6, 6.07) is 0. The maximum Gasteiger partial charge on any atom is 0.362 e. The molecule has 2 bridgehead atoms. The number of allylic oxidation sites excluding steroid dienone is 7. The monoisotopic (exact) mass is 248 g/mol. The van der Waals surface area contributed by atoms with E-state index >= 15 is 0 Å². The zero-order chi connectivity index (χ0) is 13.5. The van der Waals surface area contributed by atoms with Crippen molar-refractivity contribution >= 4 is 5.97 Å². The Bertz CT molecular complexity index is 447. The maximum atomic E-state index is 10.8. The molecule has 0 atom stereocenters. The molecule has 2 rings (SSSR count). The zero-order valence-electron chi connectivity index (χ0n) is 10.4. The molecule has 5 nitrogen and oxygen atoms in total. The van der Waals surface area contributed by atoms with E-state index in [0.29, 0.717) is 0 Å². The molecule has 0 aliphatic heterocycles. The number of rotatable bonds is 3. The van der Waals surface area contributed by atoms with Gasteiger partial charge in [0.05, 0.1) is 6.61 Å². The molecule has 2 N–H and O–H groups in total. The SMILES string of the molecule is C1=CC2=CC=C1C2.CCOC(=O)C(N=N)=C(C)O. The molecule has 96 valence electrons. The number of esters is 1. The summed E-state index contributed by atoms with van der Waals surface area (Å²) in [6.07, 6.45) is 9.90. The number of nitrogens with one attached hydrogen (secondary N) is 1. The average Bonchev–Trinajstić information content (AvgIpc) is 2.94. The van der Waals surface area contributed by atoms with E-state index in [0.717, 1.165) is 0 Å². The molecule has 0 saturated carbocycles. The molecule has 0 fully saturated rings. The van der Waals surface area contributed by atoms with Gasteiger partial charge in [-0.15, -0.1) is 5.11 Å². The summed E-state index contributed by atoms with van der Waals surface area (Å²) in [4.78, 5) is 10.8. The van der Waals surface area contributed by atoms with Crippen LogP contribution in [0.5, 0.6) is 0 Å². The molecule has 0 aromatic heterocycles. The van der Waals surface area contributed by atoms with Crippen molar-refractivity contribution in [2.75, 3.05) is 6.61 Å². The van der Waals surface area contributed by atoms with Gasteiger partial charge in [0.25, 0.3) is 0 Å². The van der Waals surface area contributed by atoms with E-state index in [9.17, 15) is 4.79 Å². The lowest BCUT2D eigenvalue weighted by molar-refractivity contribution is -0.138. The number of fused-ring (bicyclic) bond motifs is 2. The molecule has 0 saturated heterocycles. The van der Waals surface area contributed by atoms with Crippen molar-refractivity contribution in [2.24, 2.45) is 5.11 Å². The second kappa shape index (κ2) is 6.54. The van der Waals surface area contributed by atoms with E-state index in [1.807, 2.05) is 0 Å². The third-order valence-electron chi connectivity index (χ3n) is 2.35. The van der Waals surface area contributed by atoms with Gasteiger partial charge in [-0.25, -0.2) is 10.3 Å². The first kappa shape index (κ1) is 13.9. The van der Waals surface area contributed by atoms with Crippen molar-refractivity contribution in [3.8, 4) is 0 Å². The normalized spacial score (nSPS) is 16.1. The van der Waals surface area contributed by atoms with E-state index in [-0.39, 0.29) is 18.1 Å². The molecular formula is C13H16N2O3. The predicted octanol–water partition coefficient (Wildman–Crippen LogP) is 3.18. The highest BCUT2D eigenvalue weighted by Gasteiger charge is 2.12. The number of hydrogen-bond acceptors (Lipinski definition) is 5. The van der Waals surface area contributed by atoms with Crippen molar-refractivity contribution < 1.29 is 14.6 Å². The Morgan fingerprint density at radius 3 is 2.22 bits per heavy atom. The molecule has 0 spiro atoms. The van der Waals surface area contributed by atoms with Crippen LogP contribution in [0.15, 0.2) is 52.0 Å². The van der Waals surface area contributed by atoms with Crippen LogP contribution in [0.25, 0.3) is 0 Å². The lowest BCUT2D eigenvalue weighted by atomic mass is 10.3. The van der Waals surface area contributed by atoms with Crippen molar-refractivity contribution in [3.63, 3.8) is 0 Å². The lowest BCUT2D eigenvalue weighted by Gasteiger charge is -2.00. The minimum absolute atomic E-state index is 0.200. The van der Waals surface area contributed by atoms with Gasteiger partial charge in [0, 0.05) is 0 Å². The molecule has 0 aromatic carbocycles. The molecule has 2 aliphatic rings. The van der Waals surface area contributed by atoms with Crippen molar-refractivity contribution in [3.05, 3.63) is 46.9 Å². The number of aliphatic hydroxyl groups is 1. The van der Waals surface area contributed by atoms with E-state index in [4.69, 9.17) is 10.6 Å². The Morgan fingerprint density at radius 1 is 1.44 bits per heavy atom. The third-order valence-corrected chi connectivity index (χ3v) is 2.35. The molecule has 0 radical (unpaired) electrons. The van der Waals surface area contributed by atoms with Crippen LogP contribution in [-0.2, 0) is 9.53 Å². The highest BCUT2D eigenvalue weighted by atomic mass is 16.5. The Hall–Kier alpha value is -2.17. The van der Waals surface area contributed by atoms with Crippen molar-refractivity contribution in [1.82, 2.24) is 0 Å². The number of hydrogen-bond donors (Lipinski definition) is 2. The quantitative estimate of drug-likeness (QED) is 0.348. The van der Waals surface area contributed by atoms with Gasteiger partial charge in [0.15, 0.2) is 0 Å². The van der Waals surface area contributed by atoms with Crippen LogP contribution < -0.4 is 0 Å². The van der Waals surface area contributed by atoms with E-state index in [1.165, 1.54) is 24.5 Å². The minimum Gasteiger partial charge on any atom is -0.510 e. The van der Waals surface area contributed by atoms with Gasteiger partial charge in [-0.05, 0) is 31.4 Å². The Labute approximate surface area is 106 Å². The molecule has 0 aromatic rings. The van der Waals surface area contributed by atoms with E-state index in [1.54, 1.807) is 6.92 Å². The first-order chi connectivity index (χ1) is 8.58. The summed E-state index contributed by atoms with van der Waals surface area (Å²) in [7, 11) is 0. The number of nitrogens with zero attached hydrogens (tertiary/aromatic N) is 1. The first-order valence-electron chi connectivity index (χ1n) is 5.60. The van der Waals surface area contributed by atoms with Gasteiger partial charge in [0.2, 0.25) is 5.70 Å². The largest absolute Gasteiger partial charge is 0.510 e. The second-order valence-corrected chi connectivity index (χ2v) is 3.76. The minimum atomic E-state index is -0.775. The summed E-state index contributed by atoms with van der Waals surface area (Å²) in [5.74, 6) is -1.08. The fourth-order valence-electron chi connectivity index (χ4n) is 1.48. The number of ether oxygens (including phenoxy) is 1. The molecule has 2 aliphatic carbocycles. The summed E-state index contributed by atoms with van der Waals surface area (Å²) in [6.45, 7) is 3.10. The highest BCUT2D eigenvalue weighted by Crippen LogP contribution is 2.27. The molecule has 0 heterocycles. The van der Waals surface area contributed by atoms with Crippen LogP contribution in [0.4, 0.5) is 0 Å². The molecule has 0 amide bonds. The van der Waals surface area contributed by atoms with Crippen LogP contribution >= 0.6 is 0 Å². The summed E-state index contributed by atoms with van der Waals surface area (Å²) in [5.41, 5.74) is 9.09. The van der Waals surface area contributed by atoms with Gasteiger partial charge in [-0.1, -0.05) is 24.3 Å². The Morgan fingerprint density at radius 2 is 2.00 bits per heavy atom. The van der Waals surface area contributed by atoms with Crippen molar-refractivity contribution in [1.29, 1.82) is 5.53 Å². The number of carbonyl (C=O) groups excluding carboxylic acids is 1. The molecular weight excluding hydrogens is 232 g/mol. The lowest BCUT2D eigenvalue weighted by Crippen LogP contribution is -2.07. The summed E-state index contributed by atoms with van der Waals surface area (Å²) >= 11 is 0. The summed E-state index contributed by atoms with van der Waals surface area (Å²) < 4.78 is 4.49. The smallest absolute Gasteiger partial charge is 0.362 e. The highest BCUT2D eigenvalue weighted by molar-refractivity contribution is 5.88. The van der Waals surface area contributed by atoms with Gasteiger partial charge in [-0.2, -0.15) is 0 Å². The molecule has 0 unspecified atom stereocenters. The topological polar surface area (TPSA) is 82.7 Å². The van der Waals surface area contributed by atoms with Gasteiger partial charge in [-0.3, -0.25) is 0 Å². The first-order valence-corrected chi connectivity index (χ1v) is 5.60. The Kier molecular flexibility index (Phi) is 5.05. The zero-order valence-corrected chi connectivity index (χ0v) is 10.4. The van der Waals surface area contributed by atoms with Crippen LogP contribution in [0.2, 0.25) is 0 Å². The van der Waals surface area contributed by atoms with Crippen LogP contribution in [0.3, 0.4) is 0 Å². The fourth-order valence-corrected chi connectivity index (χ4v) is 1.48. The fraction of sp³-hybridized carbons (Fsp3) is 0.308. The van der Waals surface area contributed by atoms with Gasteiger partial charge < -0.3 is 9.84 Å². The molecule has 18 heavy (non-hydrogen) atoms. The maximum absolute atomic E-state index is 10.8.